The normalized spacial score (nSPS) is 10.8. The molecule has 0 spiro atoms. The molecule has 0 aliphatic carbocycles. The van der Waals surface area contributed by atoms with Crippen LogP contribution < -0.4 is 5.73 Å². The van der Waals surface area contributed by atoms with E-state index in [4.69, 9.17) is 10.2 Å². The second-order valence-corrected chi connectivity index (χ2v) is 3.38. The zero-order valence-corrected chi connectivity index (χ0v) is 8.95. The molecule has 0 radical (unpaired) electrons. The minimum absolute atomic E-state index is 0.105. The maximum atomic E-state index is 12.2. The Morgan fingerprint density at radius 1 is 1.62 bits per heavy atom. The van der Waals surface area contributed by atoms with E-state index >= 15 is 0 Å². The smallest absolute Gasteiger partial charge is 0.257 e. The zero-order chi connectivity index (χ0) is 12.1. The number of carbonyl (C=O) groups excluding carboxylic acids is 1. The van der Waals surface area contributed by atoms with E-state index in [2.05, 4.69) is 0 Å². The largest absolute Gasteiger partial charge is 0.469 e. The molecule has 0 saturated heterocycles. The van der Waals surface area contributed by atoms with Crippen LogP contribution in [0.3, 0.4) is 0 Å². The van der Waals surface area contributed by atoms with Crippen molar-refractivity contribution < 1.29 is 18.0 Å². The third-order valence-electron chi connectivity index (χ3n) is 2.02. The van der Waals surface area contributed by atoms with Gasteiger partial charge >= 0.3 is 0 Å². The van der Waals surface area contributed by atoms with Crippen LogP contribution in [0.15, 0.2) is 16.7 Å². The van der Waals surface area contributed by atoms with Crippen molar-refractivity contribution in [3.05, 3.63) is 23.7 Å². The second-order valence-electron chi connectivity index (χ2n) is 3.38. The van der Waals surface area contributed by atoms with E-state index in [9.17, 15) is 13.6 Å². The molecule has 90 valence electrons. The van der Waals surface area contributed by atoms with Crippen LogP contribution in [0.5, 0.6) is 0 Å². The molecule has 1 aromatic rings. The number of furan rings is 1. The molecule has 0 aliphatic rings. The third-order valence-corrected chi connectivity index (χ3v) is 2.02. The number of rotatable bonds is 5. The summed E-state index contributed by atoms with van der Waals surface area (Å²) in [6.45, 7) is 1.32. The van der Waals surface area contributed by atoms with Crippen molar-refractivity contribution in [2.24, 2.45) is 5.73 Å². The Bertz CT molecular complexity index is 352. The first-order chi connectivity index (χ1) is 7.54. The van der Waals surface area contributed by atoms with Gasteiger partial charge in [0.25, 0.3) is 12.3 Å². The van der Waals surface area contributed by atoms with Crippen LogP contribution in [0.25, 0.3) is 0 Å². The first kappa shape index (κ1) is 12.6. The summed E-state index contributed by atoms with van der Waals surface area (Å²) in [5.74, 6) is 0.0793. The Labute approximate surface area is 92.0 Å². The van der Waals surface area contributed by atoms with Crippen LogP contribution in [0.2, 0.25) is 0 Å². The van der Waals surface area contributed by atoms with Gasteiger partial charge in [-0.25, -0.2) is 8.78 Å². The minimum atomic E-state index is -2.57. The first-order valence-electron chi connectivity index (χ1n) is 4.87. The van der Waals surface area contributed by atoms with E-state index < -0.39 is 18.9 Å². The topological polar surface area (TPSA) is 59.5 Å². The van der Waals surface area contributed by atoms with Gasteiger partial charge in [-0.15, -0.1) is 0 Å². The van der Waals surface area contributed by atoms with Crippen molar-refractivity contribution in [1.82, 2.24) is 4.90 Å². The highest BCUT2D eigenvalue weighted by atomic mass is 19.3. The summed E-state index contributed by atoms with van der Waals surface area (Å²) >= 11 is 0. The number of nitrogens with two attached hydrogens (primary N) is 1. The van der Waals surface area contributed by atoms with Crippen LogP contribution in [0.1, 0.15) is 16.1 Å². The van der Waals surface area contributed by atoms with Crippen molar-refractivity contribution in [3.63, 3.8) is 0 Å². The molecule has 0 aliphatic heterocycles. The van der Waals surface area contributed by atoms with Gasteiger partial charge in [0.2, 0.25) is 0 Å². The summed E-state index contributed by atoms with van der Waals surface area (Å²) < 4.78 is 29.4. The molecule has 6 heteroatoms. The van der Waals surface area contributed by atoms with Gasteiger partial charge in [-0.1, -0.05) is 0 Å². The summed E-state index contributed by atoms with van der Waals surface area (Å²) in [4.78, 5) is 12.8. The minimum Gasteiger partial charge on any atom is -0.469 e. The fourth-order valence-electron chi connectivity index (χ4n) is 1.34. The Morgan fingerprint density at radius 3 is 2.75 bits per heavy atom. The number of halogens is 2. The first-order valence-corrected chi connectivity index (χ1v) is 4.87. The SMILES string of the molecule is Cc1cc(C(=O)N(CCN)CC(F)F)co1. The molecule has 2 N–H and O–H groups in total. The summed E-state index contributed by atoms with van der Waals surface area (Å²) in [6, 6.07) is 1.51. The molecule has 0 bridgehead atoms. The molecule has 1 heterocycles. The van der Waals surface area contributed by atoms with Gasteiger partial charge in [0.15, 0.2) is 0 Å². The van der Waals surface area contributed by atoms with Gasteiger partial charge in [0.1, 0.15) is 12.0 Å². The summed E-state index contributed by atoms with van der Waals surface area (Å²) in [6.07, 6.45) is -1.31. The van der Waals surface area contributed by atoms with E-state index in [1.807, 2.05) is 0 Å². The fourth-order valence-corrected chi connectivity index (χ4v) is 1.34. The number of amides is 1. The van der Waals surface area contributed by atoms with E-state index in [1.54, 1.807) is 6.92 Å². The number of hydrogen-bond donors (Lipinski definition) is 1. The maximum absolute atomic E-state index is 12.2. The lowest BCUT2D eigenvalue weighted by Gasteiger charge is -2.20. The van der Waals surface area contributed by atoms with Crippen LogP contribution in [0, 0.1) is 6.92 Å². The Kier molecular flexibility index (Phi) is 4.42. The highest BCUT2D eigenvalue weighted by Gasteiger charge is 2.20. The molecular weight excluding hydrogens is 218 g/mol. The van der Waals surface area contributed by atoms with E-state index in [0.717, 1.165) is 4.90 Å². The third kappa shape index (κ3) is 3.30. The maximum Gasteiger partial charge on any atom is 0.257 e. The molecule has 1 amide bonds. The van der Waals surface area contributed by atoms with Crippen LogP contribution >= 0.6 is 0 Å². The molecule has 0 atom stereocenters. The predicted molar refractivity (Wildman–Crippen MR) is 54.4 cm³/mol. The van der Waals surface area contributed by atoms with Crippen molar-refractivity contribution in [1.29, 1.82) is 0 Å². The van der Waals surface area contributed by atoms with Crippen LogP contribution in [-0.2, 0) is 0 Å². The highest BCUT2D eigenvalue weighted by Crippen LogP contribution is 2.10. The number of nitrogens with zero attached hydrogens (tertiary/aromatic N) is 1. The summed E-state index contributed by atoms with van der Waals surface area (Å²) in [7, 11) is 0. The summed E-state index contributed by atoms with van der Waals surface area (Å²) in [5, 5.41) is 0. The molecule has 0 fully saturated rings. The summed E-state index contributed by atoms with van der Waals surface area (Å²) in [5.41, 5.74) is 5.53. The zero-order valence-electron chi connectivity index (χ0n) is 8.95. The monoisotopic (exact) mass is 232 g/mol. The predicted octanol–water partition coefficient (Wildman–Crippen LogP) is 1.25. The Hall–Kier alpha value is -1.43. The van der Waals surface area contributed by atoms with Crippen molar-refractivity contribution >= 4 is 5.91 Å². The van der Waals surface area contributed by atoms with Crippen molar-refractivity contribution in [2.75, 3.05) is 19.6 Å². The lowest BCUT2D eigenvalue weighted by atomic mass is 10.2. The van der Waals surface area contributed by atoms with Crippen LogP contribution in [0.4, 0.5) is 8.78 Å². The quantitative estimate of drug-likeness (QED) is 0.831. The highest BCUT2D eigenvalue weighted by molar-refractivity contribution is 5.94. The molecular formula is C10H14F2N2O2. The average molecular weight is 232 g/mol. The number of hydrogen-bond acceptors (Lipinski definition) is 3. The number of aryl methyl sites for hydroxylation is 1. The van der Waals surface area contributed by atoms with Gasteiger partial charge < -0.3 is 15.1 Å². The molecule has 1 aromatic heterocycles. The lowest BCUT2D eigenvalue weighted by Crippen LogP contribution is -2.38. The second kappa shape index (κ2) is 5.60. The molecule has 16 heavy (non-hydrogen) atoms. The van der Waals surface area contributed by atoms with E-state index in [0.29, 0.717) is 5.76 Å². The standard InChI is InChI=1S/C10H14F2N2O2/c1-7-4-8(6-16-7)10(15)14(3-2-13)5-9(11)12/h4,6,9H,2-3,5,13H2,1H3. The van der Waals surface area contributed by atoms with Gasteiger partial charge in [-0.2, -0.15) is 0 Å². The number of carbonyl (C=O) groups is 1. The number of alkyl halides is 2. The van der Waals surface area contributed by atoms with Gasteiger partial charge in [-0.3, -0.25) is 4.79 Å². The van der Waals surface area contributed by atoms with E-state index in [-0.39, 0.29) is 18.7 Å². The molecule has 0 saturated carbocycles. The van der Waals surface area contributed by atoms with Crippen LogP contribution in [-0.4, -0.2) is 36.9 Å². The van der Waals surface area contributed by atoms with Gasteiger partial charge in [0, 0.05) is 13.1 Å². The molecule has 0 unspecified atom stereocenters. The average Bonchev–Trinajstić information content (AvgIpc) is 2.62. The molecule has 4 nitrogen and oxygen atoms in total. The Morgan fingerprint density at radius 2 is 2.31 bits per heavy atom. The van der Waals surface area contributed by atoms with Crippen molar-refractivity contribution in [3.8, 4) is 0 Å². The van der Waals surface area contributed by atoms with E-state index in [1.165, 1.54) is 12.3 Å². The van der Waals surface area contributed by atoms with Gasteiger partial charge in [0.05, 0.1) is 12.1 Å². The molecule has 1 rings (SSSR count). The lowest BCUT2D eigenvalue weighted by molar-refractivity contribution is 0.0562. The Balaban J connectivity index is 2.74. The van der Waals surface area contributed by atoms with Gasteiger partial charge in [-0.05, 0) is 13.0 Å². The fraction of sp³-hybridized carbons (Fsp3) is 0.500. The van der Waals surface area contributed by atoms with Crippen molar-refractivity contribution in [2.45, 2.75) is 13.3 Å². The molecule has 0 aromatic carbocycles.